The van der Waals surface area contributed by atoms with Crippen LogP contribution in [-0.2, 0) is 5.54 Å². The highest BCUT2D eigenvalue weighted by Gasteiger charge is 2.74. The largest absolute Gasteiger partial charge is 0.396 e. The maximum absolute atomic E-state index is 14.2. The molecule has 0 saturated heterocycles. The Balaban J connectivity index is 2.14. The number of hydrogen-bond donors (Lipinski definition) is 2. The van der Waals surface area contributed by atoms with Crippen LogP contribution >= 0.6 is 27.7 Å². The zero-order valence-electron chi connectivity index (χ0n) is 11.0. The van der Waals surface area contributed by atoms with Gasteiger partial charge in [-0.2, -0.15) is 0 Å². The minimum absolute atomic E-state index is 0.162. The summed E-state index contributed by atoms with van der Waals surface area (Å²) >= 11 is 4.56. The summed E-state index contributed by atoms with van der Waals surface area (Å²) in [4.78, 5) is 4.25. The number of thioether (sulfide) groups is 1. The Morgan fingerprint density at radius 1 is 1.38 bits per heavy atom. The van der Waals surface area contributed by atoms with E-state index in [4.69, 9.17) is 0 Å². The molecule has 1 unspecified atom stereocenters. The highest BCUT2D eigenvalue weighted by molar-refractivity contribution is 9.10. The Kier molecular flexibility index (Phi) is 3.88. The fourth-order valence-electron chi connectivity index (χ4n) is 3.46. The second-order valence-corrected chi connectivity index (χ2v) is 7.54. The van der Waals surface area contributed by atoms with Gasteiger partial charge in [0.05, 0.1) is 16.9 Å². The lowest BCUT2D eigenvalue weighted by Crippen LogP contribution is -2.37. The summed E-state index contributed by atoms with van der Waals surface area (Å²) in [5.74, 6) is -1.26. The molecule has 0 spiro atoms. The number of aliphatic hydroxyl groups excluding tert-OH is 2. The molecule has 4 atom stereocenters. The molecular formula is C14H14BrF2NO2S. The van der Waals surface area contributed by atoms with Gasteiger partial charge in [-0.3, -0.25) is 4.99 Å². The van der Waals surface area contributed by atoms with Crippen LogP contribution < -0.4 is 0 Å². The van der Waals surface area contributed by atoms with Crippen molar-refractivity contribution in [2.24, 2.45) is 16.8 Å². The van der Waals surface area contributed by atoms with Gasteiger partial charge in [0.25, 0.3) is 0 Å². The van der Waals surface area contributed by atoms with Gasteiger partial charge >= 0.3 is 0 Å². The van der Waals surface area contributed by atoms with Crippen molar-refractivity contribution in [3.05, 3.63) is 34.1 Å². The summed E-state index contributed by atoms with van der Waals surface area (Å²) in [5.41, 5.74) is 0.257. The van der Waals surface area contributed by atoms with E-state index in [0.717, 1.165) is 0 Å². The molecule has 2 aliphatic rings. The first-order valence-corrected chi connectivity index (χ1v) is 8.17. The molecule has 1 aromatic rings. The molecule has 114 valence electrons. The maximum Gasteiger partial charge on any atom is 0.129 e. The zero-order valence-corrected chi connectivity index (χ0v) is 13.4. The van der Waals surface area contributed by atoms with Crippen LogP contribution in [0.1, 0.15) is 5.56 Å². The van der Waals surface area contributed by atoms with Gasteiger partial charge in [0.1, 0.15) is 18.0 Å². The predicted molar refractivity (Wildman–Crippen MR) is 81.7 cm³/mol. The van der Waals surface area contributed by atoms with E-state index in [-0.39, 0.29) is 24.7 Å². The SMILES string of the molecule is OCC1[C@@H]2[C@@](CF)(c3cc(Br)ccc3F)N=CS[C@]12CO. The Morgan fingerprint density at radius 3 is 2.76 bits per heavy atom. The third-order valence-corrected chi connectivity index (χ3v) is 6.39. The second-order valence-electron chi connectivity index (χ2n) is 5.41. The summed E-state index contributed by atoms with van der Waals surface area (Å²) in [6.45, 7) is -1.25. The van der Waals surface area contributed by atoms with Crippen molar-refractivity contribution in [2.75, 3.05) is 19.9 Å². The number of rotatable bonds is 4. The highest BCUT2D eigenvalue weighted by Crippen LogP contribution is 2.68. The molecule has 1 heterocycles. The number of fused-ring (bicyclic) bond motifs is 1. The van der Waals surface area contributed by atoms with E-state index < -0.39 is 28.7 Å². The Morgan fingerprint density at radius 2 is 2.14 bits per heavy atom. The van der Waals surface area contributed by atoms with E-state index in [1.54, 1.807) is 6.07 Å². The van der Waals surface area contributed by atoms with Gasteiger partial charge in [-0.25, -0.2) is 8.78 Å². The molecule has 1 saturated carbocycles. The molecule has 0 bridgehead atoms. The lowest BCUT2D eigenvalue weighted by molar-refractivity contribution is 0.221. The van der Waals surface area contributed by atoms with Gasteiger partial charge in [-0.1, -0.05) is 15.9 Å². The fraction of sp³-hybridized carbons (Fsp3) is 0.500. The van der Waals surface area contributed by atoms with Crippen LogP contribution in [0.5, 0.6) is 0 Å². The minimum atomic E-state index is -1.38. The monoisotopic (exact) mass is 377 g/mol. The lowest BCUT2D eigenvalue weighted by Gasteiger charge is -2.33. The van der Waals surface area contributed by atoms with Gasteiger partial charge in [-0.05, 0) is 18.2 Å². The predicted octanol–water partition coefficient (Wildman–Crippen LogP) is 2.50. The molecule has 2 N–H and O–H groups in total. The molecule has 0 amide bonds. The molecule has 1 aliphatic heterocycles. The third kappa shape index (κ3) is 2.01. The van der Waals surface area contributed by atoms with Crippen LogP contribution in [0.2, 0.25) is 0 Å². The van der Waals surface area contributed by atoms with Crippen LogP contribution in [0, 0.1) is 17.7 Å². The summed E-state index contributed by atoms with van der Waals surface area (Å²) in [6, 6.07) is 4.34. The molecule has 1 aliphatic carbocycles. The first-order valence-electron chi connectivity index (χ1n) is 6.50. The smallest absolute Gasteiger partial charge is 0.129 e. The quantitative estimate of drug-likeness (QED) is 0.847. The van der Waals surface area contributed by atoms with Crippen LogP contribution in [0.15, 0.2) is 27.7 Å². The number of aliphatic hydroxyl groups is 2. The molecule has 1 fully saturated rings. The van der Waals surface area contributed by atoms with Crippen molar-refractivity contribution in [2.45, 2.75) is 10.3 Å². The van der Waals surface area contributed by atoms with Gasteiger partial charge < -0.3 is 10.2 Å². The number of alkyl halides is 1. The summed E-state index contributed by atoms with van der Waals surface area (Å²) in [6.07, 6.45) is 0. The van der Waals surface area contributed by atoms with Gasteiger partial charge in [0.15, 0.2) is 0 Å². The molecule has 0 radical (unpaired) electrons. The Labute approximate surface area is 133 Å². The molecule has 7 heteroatoms. The van der Waals surface area contributed by atoms with E-state index in [1.165, 1.54) is 29.4 Å². The number of benzene rings is 1. The Bertz CT molecular complexity index is 602. The van der Waals surface area contributed by atoms with Crippen molar-refractivity contribution < 1.29 is 19.0 Å². The van der Waals surface area contributed by atoms with Crippen molar-refractivity contribution in [3.63, 3.8) is 0 Å². The van der Waals surface area contributed by atoms with E-state index in [1.807, 2.05) is 0 Å². The zero-order chi connectivity index (χ0) is 15.3. The average molecular weight is 378 g/mol. The maximum atomic E-state index is 14.2. The number of nitrogens with zero attached hydrogens (tertiary/aromatic N) is 1. The number of hydrogen-bond acceptors (Lipinski definition) is 4. The van der Waals surface area contributed by atoms with E-state index in [2.05, 4.69) is 20.9 Å². The molecule has 1 aromatic carbocycles. The summed E-state index contributed by atoms with van der Waals surface area (Å²) in [7, 11) is 0. The molecule has 0 aromatic heterocycles. The molecular weight excluding hydrogens is 364 g/mol. The Hall–Kier alpha value is -0.500. The molecule has 3 nitrogen and oxygen atoms in total. The number of halogens is 3. The van der Waals surface area contributed by atoms with Crippen LogP contribution in [0.25, 0.3) is 0 Å². The van der Waals surface area contributed by atoms with E-state index in [9.17, 15) is 19.0 Å². The second kappa shape index (κ2) is 5.30. The first kappa shape index (κ1) is 15.4. The van der Waals surface area contributed by atoms with E-state index >= 15 is 0 Å². The van der Waals surface area contributed by atoms with Gasteiger partial charge in [0.2, 0.25) is 0 Å². The third-order valence-electron chi connectivity index (χ3n) is 4.56. The average Bonchev–Trinajstić information content (AvgIpc) is 3.18. The summed E-state index contributed by atoms with van der Waals surface area (Å²) in [5, 5.41) is 19.2. The molecule has 3 rings (SSSR count). The van der Waals surface area contributed by atoms with Crippen LogP contribution in [-0.4, -0.2) is 40.4 Å². The number of aliphatic imine (C=N–C) groups is 1. The van der Waals surface area contributed by atoms with Crippen molar-refractivity contribution in [1.82, 2.24) is 0 Å². The minimum Gasteiger partial charge on any atom is -0.396 e. The van der Waals surface area contributed by atoms with Gasteiger partial charge in [-0.15, -0.1) is 11.8 Å². The van der Waals surface area contributed by atoms with Crippen LogP contribution in [0.4, 0.5) is 8.78 Å². The molecule has 21 heavy (non-hydrogen) atoms. The topological polar surface area (TPSA) is 52.8 Å². The normalized spacial score (nSPS) is 37.4. The van der Waals surface area contributed by atoms with Crippen molar-refractivity contribution in [1.29, 1.82) is 0 Å². The van der Waals surface area contributed by atoms with Gasteiger partial charge in [0, 0.05) is 28.5 Å². The van der Waals surface area contributed by atoms with E-state index in [0.29, 0.717) is 4.47 Å². The standard InChI is InChI=1S/C14H14BrF2NO2S/c15-8-1-2-11(17)9(3-8)13(5-16)12-10(4-19)14(12,6-20)21-7-18-13/h1-3,7,10,12,19-20H,4-6H2/t10?,12-,13-,14-/m1/s1. The van der Waals surface area contributed by atoms with Crippen molar-refractivity contribution in [3.8, 4) is 0 Å². The lowest BCUT2D eigenvalue weighted by atomic mass is 9.84. The summed E-state index contributed by atoms with van der Waals surface area (Å²) < 4.78 is 28.2. The fourth-order valence-corrected chi connectivity index (χ4v) is 5.15. The van der Waals surface area contributed by atoms with Crippen molar-refractivity contribution >= 4 is 33.2 Å². The first-order chi connectivity index (χ1) is 10.1. The van der Waals surface area contributed by atoms with Crippen LogP contribution in [0.3, 0.4) is 0 Å². The highest BCUT2D eigenvalue weighted by atomic mass is 79.9.